The first-order valence-electron chi connectivity index (χ1n) is 7.27. The maximum atomic E-state index is 11.7. The van der Waals surface area contributed by atoms with Crippen LogP contribution in [0.5, 0.6) is 0 Å². The van der Waals surface area contributed by atoms with Crippen molar-refractivity contribution in [3.05, 3.63) is 11.9 Å². The van der Waals surface area contributed by atoms with Crippen molar-refractivity contribution in [2.24, 2.45) is 0 Å². The molecule has 1 heterocycles. The van der Waals surface area contributed by atoms with E-state index >= 15 is 0 Å². The van der Waals surface area contributed by atoms with Crippen molar-refractivity contribution in [3.8, 4) is 0 Å². The molecule has 1 fully saturated rings. The number of hydrogen-bond donors (Lipinski definition) is 3. The summed E-state index contributed by atoms with van der Waals surface area (Å²) >= 11 is 0. The smallest absolute Gasteiger partial charge is 0.321 e. The van der Waals surface area contributed by atoms with Gasteiger partial charge in [-0.2, -0.15) is 0 Å². The van der Waals surface area contributed by atoms with Gasteiger partial charge in [-0.05, 0) is 12.8 Å². The van der Waals surface area contributed by atoms with Crippen molar-refractivity contribution in [1.82, 2.24) is 25.6 Å². The maximum absolute atomic E-state index is 11.7. The first-order valence-corrected chi connectivity index (χ1v) is 7.27. The van der Waals surface area contributed by atoms with Crippen LogP contribution in [0, 0.1) is 0 Å². The van der Waals surface area contributed by atoms with Crippen molar-refractivity contribution < 1.29 is 14.7 Å². The zero-order valence-corrected chi connectivity index (χ0v) is 11.9. The largest absolute Gasteiger partial charge is 0.396 e. The van der Waals surface area contributed by atoms with E-state index < -0.39 is 11.9 Å². The monoisotopic (exact) mass is 295 g/mol. The molecule has 0 aromatic carbocycles. The van der Waals surface area contributed by atoms with Gasteiger partial charge in [0.1, 0.15) is 6.54 Å². The third-order valence-corrected chi connectivity index (χ3v) is 3.45. The molecule has 3 N–H and O–H groups in total. The van der Waals surface area contributed by atoms with Crippen LogP contribution in [0.4, 0.5) is 4.79 Å². The molecule has 0 saturated heterocycles. The zero-order valence-electron chi connectivity index (χ0n) is 11.9. The molecule has 1 aliphatic carbocycles. The van der Waals surface area contributed by atoms with Crippen molar-refractivity contribution in [1.29, 1.82) is 0 Å². The Labute approximate surface area is 122 Å². The number of nitrogens with zero attached hydrogens (tertiary/aromatic N) is 3. The van der Waals surface area contributed by atoms with Gasteiger partial charge in [-0.3, -0.25) is 10.1 Å². The lowest BCUT2D eigenvalue weighted by Gasteiger charge is -2.22. The van der Waals surface area contributed by atoms with E-state index in [2.05, 4.69) is 20.9 Å². The van der Waals surface area contributed by atoms with Crippen LogP contribution in [-0.2, 0) is 17.8 Å². The molecule has 0 radical (unpaired) electrons. The lowest BCUT2D eigenvalue weighted by Crippen LogP contribution is -2.46. The zero-order chi connectivity index (χ0) is 15.1. The summed E-state index contributed by atoms with van der Waals surface area (Å²) < 4.78 is 1.34. The third-order valence-electron chi connectivity index (χ3n) is 3.45. The first kappa shape index (κ1) is 15.4. The number of aromatic nitrogens is 3. The van der Waals surface area contributed by atoms with E-state index in [0.29, 0.717) is 12.1 Å². The Kier molecular flexibility index (Phi) is 5.68. The molecule has 8 nitrogen and oxygen atoms in total. The molecule has 21 heavy (non-hydrogen) atoms. The standard InChI is InChI=1S/C13H21N5O3/c19-7-6-11-8-18(17-16-11)9-12(20)15-13(21)14-10-4-2-1-3-5-10/h8,10,19H,1-7,9H2,(H2,14,15,20,21). The Morgan fingerprint density at radius 2 is 2.10 bits per heavy atom. The van der Waals surface area contributed by atoms with E-state index in [1.807, 2.05) is 0 Å². The summed E-state index contributed by atoms with van der Waals surface area (Å²) in [5.41, 5.74) is 0.608. The minimum Gasteiger partial charge on any atom is -0.396 e. The van der Waals surface area contributed by atoms with Crippen LogP contribution < -0.4 is 10.6 Å². The Morgan fingerprint density at radius 1 is 1.33 bits per heavy atom. The summed E-state index contributed by atoms with van der Waals surface area (Å²) in [4.78, 5) is 23.4. The first-order chi connectivity index (χ1) is 10.2. The van der Waals surface area contributed by atoms with E-state index in [9.17, 15) is 9.59 Å². The van der Waals surface area contributed by atoms with Crippen LogP contribution in [0.15, 0.2) is 6.20 Å². The molecule has 1 aliphatic rings. The molecule has 2 rings (SSSR count). The van der Waals surface area contributed by atoms with Crippen LogP contribution >= 0.6 is 0 Å². The average Bonchev–Trinajstić information content (AvgIpc) is 2.87. The summed E-state index contributed by atoms with van der Waals surface area (Å²) in [5, 5.41) is 21.4. The van der Waals surface area contributed by atoms with Crippen LogP contribution in [-0.4, -0.2) is 44.7 Å². The second-order valence-electron chi connectivity index (χ2n) is 5.24. The number of aliphatic hydroxyl groups excluding tert-OH is 1. The summed E-state index contributed by atoms with van der Waals surface area (Å²) in [6, 6.07) is -0.295. The van der Waals surface area contributed by atoms with Crippen molar-refractivity contribution in [2.75, 3.05) is 6.61 Å². The highest BCUT2D eigenvalue weighted by atomic mass is 16.3. The molecule has 0 unspecified atom stereocenters. The molecule has 0 aliphatic heterocycles. The molecule has 1 saturated carbocycles. The molecular weight excluding hydrogens is 274 g/mol. The van der Waals surface area contributed by atoms with Gasteiger partial charge in [-0.25, -0.2) is 9.48 Å². The van der Waals surface area contributed by atoms with Gasteiger partial charge in [0.2, 0.25) is 5.91 Å². The number of aliphatic hydroxyl groups is 1. The van der Waals surface area contributed by atoms with Gasteiger partial charge in [-0.15, -0.1) is 5.10 Å². The van der Waals surface area contributed by atoms with Crippen molar-refractivity contribution >= 4 is 11.9 Å². The lowest BCUT2D eigenvalue weighted by atomic mass is 9.96. The highest BCUT2D eigenvalue weighted by molar-refractivity contribution is 5.94. The van der Waals surface area contributed by atoms with Crippen LogP contribution in [0.25, 0.3) is 0 Å². The van der Waals surface area contributed by atoms with E-state index in [1.54, 1.807) is 6.20 Å². The summed E-state index contributed by atoms with van der Waals surface area (Å²) in [6.07, 6.45) is 7.35. The van der Waals surface area contributed by atoms with Gasteiger partial charge < -0.3 is 10.4 Å². The number of rotatable bonds is 5. The maximum Gasteiger partial charge on any atom is 0.321 e. The Balaban J connectivity index is 1.73. The van der Waals surface area contributed by atoms with Gasteiger partial charge in [0.05, 0.1) is 5.69 Å². The highest BCUT2D eigenvalue weighted by Crippen LogP contribution is 2.17. The highest BCUT2D eigenvalue weighted by Gasteiger charge is 2.17. The number of carbonyl (C=O) groups is 2. The van der Waals surface area contributed by atoms with Gasteiger partial charge in [0.25, 0.3) is 0 Å². The molecular formula is C13H21N5O3. The van der Waals surface area contributed by atoms with E-state index in [4.69, 9.17) is 5.11 Å². The van der Waals surface area contributed by atoms with Crippen LogP contribution in [0.2, 0.25) is 0 Å². The minimum absolute atomic E-state index is 0.0192. The summed E-state index contributed by atoms with van der Waals surface area (Å²) in [6.45, 7) is -0.0921. The van der Waals surface area contributed by atoms with E-state index in [-0.39, 0.29) is 19.2 Å². The number of hydrogen-bond acceptors (Lipinski definition) is 5. The number of carbonyl (C=O) groups excluding carboxylic acids is 2. The van der Waals surface area contributed by atoms with Gasteiger partial charge in [0.15, 0.2) is 0 Å². The Morgan fingerprint density at radius 3 is 2.81 bits per heavy atom. The fraction of sp³-hybridized carbons (Fsp3) is 0.692. The number of urea groups is 1. The van der Waals surface area contributed by atoms with Crippen LogP contribution in [0.1, 0.15) is 37.8 Å². The Bertz CT molecular complexity index is 482. The van der Waals surface area contributed by atoms with Gasteiger partial charge >= 0.3 is 6.03 Å². The van der Waals surface area contributed by atoms with Crippen molar-refractivity contribution in [2.45, 2.75) is 51.1 Å². The van der Waals surface area contributed by atoms with E-state index in [1.165, 1.54) is 11.1 Å². The topological polar surface area (TPSA) is 109 Å². The minimum atomic E-state index is -0.456. The molecule has 0 atom stereocenters. The second kappa shape index (κ2) is 7.72. The van der Waals surface area contributed by atoms with Crippen molar-refractivity contribution in [3.63, 3.8) is 0 Å². The molecule has 3 amide bonds. The number of amides is 3. The summed E-state index contributed by atoms with van der Waals surface area (Å²) in [5.74, 6) is -0.441. The SMILES string of the molecule is O=C(Cn1cc(CCO)nn1)NC(=O)NC1CCCCC1. The van der Waals surface area contributed by atoms with Gasteiger partial charge in [-0.1, -0.05) is 24.5 Å². The van der Waals surface area contributed by atoms with Gasteiger partial charge in [0, 0.05) is 25.3 Å². The second-order valence-corrected chi connectivity index (χ2v) is 5.24. The predicted octanol–water partition coefficient (Wildman–Crippen LogP) is -0.0286. The third kappa shape index (κ3) is 5.14. The average molecular weight is 295 g/mol. The summed E-state index contributed by atoms with van der Waals surface area (Å²) in [7, 11) is 0. The predicted molar refractivity (Wildman–Crippen MR) is 74.4 cm³/mol. The molecule has 116 valence electrons. The molecule has 8 heteroatoms. The Hall–Kier alpha value is -1.96. The molecule has 1 aromatic heterocycles. The number of nitrogens with one attached hydrogen (secondary N) is 2. The fourth-order valence-electron chi connectivity index (χ4n) is 2.43. The fourth-order valence-corrected chi connectivity index (χ4v) is 2.43. The normalized spacial score (nSPS) is 15.7. The van der Waals surface area contributed by atoms with E-state index in [0.717, 1.165) is 25.7 Å². The quantitative estimate of drug-likeness (QED) is 0.707. The number of imide groups is 1. The lowest BCUT2D eigenvalue weighted by molar-refractivity contribution is -0.120. The molecule has 0 spiro atoms. The molecule has 1 aromatic rings. The molecule has 0 bridgehead atoms. The van der Waals surface area contributed by atoms with Crippen LogP contribution in [0.3, 0.4) is 0 Å².